The fourth-order valence-corrected chi connectivity index (χ4v) is 3.75. The molecule has 0 saturated heterocycles. The Morgan fingerprint density at radius 1 is 1.19 bits per heavy atom. The molecule has 0 aliphatic carbocycles. The maximum Gasteiger partial charge on any atom is 0.416 e. The van der Waals surface area contributed by atoms with Crippen LogP contribution in [0.4, 0.5) is 24.7 Å². The zero-order chi connectivity index (χ0) is 23.5. The van der Waals surface area contributed by atoms with Gasteiger partial charge in [0, 0.05) is 30.6 Å². The number of hydrogen-bond donors (Lipinski definition) is 3. The average Bonchev–Trinajstić information content (AvgIpc) is 3.21. The van der Waals surface area contributed by atoms with E-state index in [1.165, 1.54) is 31.6 Å². The van der Waals surface area contributed by atoms with E-state index >= 15 is 0 Å². The lowest BCUT2D eigenvalue weighted by Gasteiger charge is -2.12. The van der Waals surface area contributed by atoms with Crippen LogP contribution < -0.4 is 16.8 Å². The zero-order valence-corrected chi connectivity index (χ0v) is 17.7. The fourth-order valence-electron chi connectivity index (χ4n) is 2.94. The molecular formula is C20H19F3N6O2S. The molecule has 0 saturated carbocycles. The highest BCUT2D eigenvalue weighted by Gasteiger charge is 2.32. The first kappa shape index (κ1) is 23.3. The Morgan fingerprint density at radius 3 is 2.62 bits per heavy atom. The van der Waals surface area contributed by atoms with Gasteiger partial charge in [-0.25, -0.2) is 15.0 Å². The van der Waals surface area contributed by atoms with Gasteiger partial charge in [0.1, 0.15) is 22.7 Å². The number of rotatable bonds is 7. The number of amides is 1. The van der Waals surface area contributed by atoms with E-state index in [0.717, 1.165) is 17.4 Å². The number of ketones is 1. The SMILES string of the molecule is Cc1ccc(NC(=O)c2cnc(CCC(=O)c3ncnc(N)c3CN)s2)cc1C(F)(F)F. The third-order valence-corrected chi connectivity index (χ3v) is 5.65. The minimum absolute atomic E-state index is 0.0182. The molecule has 0 aliphatic rings. The Labute approximate surface area is 184 Å². The summed E-state index contributed by atoms with van der Waals surface area (Å²) < 4.78 is 39.2. The van der Waals surface area contributed by atoms with Crippen molar-refractivity contribution >= 4 is 34.5 Å². The number of nitrogens with two attached hydrogens (primary N) is 2. The lowest BCUT2D eigenvalue weighted by Crippen LogP contribution is -2.14. The Morgan fingerprint density at radius 2 is 1.94 bits per heavy atom. The molecule has 5 N–H and O–H groups in total. The summed E-state index contributed by atoms with van der Waals surface area (Å²) in [6.07, 6.45) is -1.72. The standard InChI is InChI=1S/C20H19F3N6O2S/c1-10-2-3-11(6-13(10)20(21,22)23)29-19(31)15-8-26-16(32-15)5-4-14(30)17-12(7-24)18(25)28-9-27-17/h2-3,6,8-9H,4-5,7,24H2,1H3,(H,29,31)(H2,25,27,28). The minimum atomic E-state index is -4.52. The van der Waals surface area contributed by atoms with Crippen molar-refractivity contribution in [3.05, 3.63) is 63.0 Å². The van der Waals surface area contributed by atoms with Gasteiger partial charge in [-0.3, -0.25) is 9.59 Å². The lowest BCUT2D eigenvalue weighted by molar-refractivity contribution is -0.138. The highest BCUT2D eigenvalue weighted by atomic mass is 32.1. The Hall–Kier alpha value is -3.38. The number of aryl methyl sites for hydroxylation is 2. The quantitative estimate of drug-likeness (QED) is 0.456. The second-order valence-electron chi connectivity index (χ2n) is 6.81. The molecule has 0 radical (unpaired) electrons. The Kier molecular flexibility index (Phi) is 6.84. The molecule has 12 heteroatoms. The average molecular weight is 464 g/mol. The molecule has 2 aromatic heterocycles. The van der Waals surface area contributed by atoms with Crippen molar-refractivity contribution in [1.29, 1.82) is 0 Å². The monoisotopic (exact) mass is 464 g/mol. The van der Waals surface area contributed by atoms with Gasteiger partial charge in [-0.05, 0) is 24.6 Å². The number of alkyl halides is 3. The number of carbonyl (C=O) groups is 2. The summed E-state index contributed by atoms with van der Waals surface area (Å²) in [5.41, 5.74) is 11.1. The van der Waals surface area contributed by atoms with Crippen LogP contribution in [0.25, 0.3) is 0 Å². The third-order valence-electron chi connectivity index (χ3n) is 4.59. The number of nitrogens with zero attached hydrogens (tertiary/aromatic N) is 3. The van der Waals surface area contributed by atoms with E-state index in [2.05, 4.69) is 20.3 Å². The van der Waals surface area contributed by atoms with Gasteiger partial charge < -0.3 is 16.8 Å². The van der Waals surface area contributed by atoms with E-state index in [1.54, 1.807) is 0 Å². The van der Waals surface area contributed by atoms with Gasteiger partial charge in [-0.15, -0.1) is 11.3 Å². The number of halogens is 3. The molecular weight excluding hydrogens is 445 g/mol. The molecule has 0 aliphatic heterocycles. The van der Waals surface area contributed by atoms with Crippen LogP contribution in [0, 0.1) is 6.92 Å². The first-order chi connectivity index (χ1) is 15.1. The number of nitrogen functional groups attached to an aromatic ring is 1. The number of anilines is 2. The van der Waals surface area contributed by atoms with Gasteiger partial charge in [-0.2, -0.15) is 13.2 Å². The number of aromatic nitrogens is 3. The van der Waals surface area contributed by atoms with Crippen molar-refractivity contribution in [3.8, 4) is 0 Å². The molecule has 0 atom stereocenters. The largest absolute Gasteiger partial charge is 0.416 e. The van der Waals surface area contributed by atoms with Crippen molar-refractivity contribution in [3.63, 3.8) is 0 Å². The van der Waals surface area contributed by atoms with Gasteiger partial charge in [0.25, 0.3) is 5.91 Å². The van der Waals surface area contributed by atoms with Crippen molar-refractivity contribution in [1.82, 2.24) is 15.0 Å². The molecule has 0 unspecified atom stereocenters. The second kappa shape index (κ2) is 9.40. The molecule has 2 heterocycles. The molecule has 32 heavy (non-hydrogen) atoms. The predicted molar refractivity (Wildman–Crippen MR) is 113 cm³/mol. The summed E-state index contributed by atoms with van der Waals surface area (Å²) in [5.74, 6) is -0.741. The van der Waals surface area contributed by atoms with Crippen LogP contribution in [0.1, 0.15) is 48.3 Å². The number of hydrogen-bond acceptors (Lipinski definition) is 8. The van der Waals surface area contributed by atoms with Crippen LogP contribution >= 0.6 is 11.3 Å². The normalized spacial score (nSPS) is 11.4. The Bertz CT molecular complexity index is 1160. The van der Waals surface area contributed by atoms with Crippen LogP contribution in [0.15, 0.2) is 30.7 Å². The van der Waals surface area contributed by atoms with Gasteiger partial charge in [0.15, 0.2) is 5.78 Å². The van der Waals surface area contributed by atoms with Crippen molar-refractivity contribution < 1.29 is 22.8 Å². The van der Waals surface area contributed by atoms with E-state index in [9.17, 15) is 22.8 Å². The van der Waals surface area contributed by atoms with E-state index in [-0.39, 0.29) is 52.8 Å². The number of benzene rings is 1. The molecule has 0 bridgehead atoms. The predicted octanol–water partition coefficient (Wildman–Crippen LogP) is 3.37. The molecule has 8 nitrogen and oxygen atoms in total. The molecule has 0 spiro atoms. The zero-order valence-electron chi connectivity index (χ0n) is 16.9. The molecule has 3 rings (SSSR count). The van der Waals surface area contributed by atoms with Gasteiger partial charge in [0.2, 0.25) is 0 Å². The summed E-state index contributed by atoms with van der Waals surface area (Å²) in [6.45, 7) is 1.36. The van der Waals surface area contributed by atoms with Crippen molar-refractivity contribution in [2.24, 2.45) is 5.73 Å². The van der Waals surface area contributed by atoms with E-state index in [1.807, 2.05) is 0 Å². The van der Waals surface area contributed by atoms with Crippen LogP contribution in [-0.2, 0) is 19.1 Å². The first-order valence-corrected chi connectivity index (χ1v) is 10.2. The van der Waals surface area contributed by atoms with Gasteiger partial charge in [0.05, 0.1) is 16.8 Å². The highest BCUT2D eigenvalue weighted by Crippen LogP contribution is 2.33. The smallest absolute Gasteiger partial charge is 0.383 e. The van der Waals surface area contributed by atoms with E-state index in [0.29, 0.717) is 10.6 Å². The maximum atomic E-state index is 13.1. The number of nitrogens with one attached hydrogen (secondary N) is 1. The van der Waals surface area contributed by atoms with Crippen molar-refractivity contribution in [2.75, 3.05) is 11.1 Å². The summed E-state index contributed by atoms with van der Waals surface area (Å²) in [7, 11) is 0. The second-order valence-corrected chi connectivity index (χ2v) is 7.93. The molecule has 168 valence electrons. The number of carbonyl (C=O) groups excluding carboxylic acids is 2. The Balaban J connectivity index is 1.66. The highest BCUT2D eigenvalue weighted by molar-refractivity contribution is 7.13. The molecule has 3 aromatic rings. The topological polar surface area (TPSA) is 137 Å². The molecule has 1 aromatic carbocycles. The maximum absolute atomic E-state index is 13.1. The van der Waals surface area contributed by atoms with E-state index in [4.69, 9.17) is 11.5 Å². The summed E-state index contributed by atoms with van der Waals surface area (Å²) >= 11 is 1.04. The van der Waals surface area contributed by atoms with Gasteiger partial charge >= 0.3 is 6.18 Å². The number of Topliss-reactive ketones (excluding diaryl/α,β-unsaturated/α-hetero) is 1. The van der Waals surface area contributed by atoms with Crippen LogP contribution in [-0.4, -0.2) is 26.6 Å². The van der Waals surface area contributed by atoms with Crippen molar-refractivity contribution in [2.45, 2.75) is 32.5 Å². The fraction of sp³-hybridized carbons (Fsp3) is 0.250. The summed E-state index contributed by atoms with van der Waals surface area (Å²) in [6, 6.07) is 3.57. The van der Waals surface area contributed by atoms with Crippen LogP contribution in [0.5, 0.6) is 0 Å². The van der Waals surface area contributed by atoms with Crippen LogP contribution in [0.2, 0.25) is 0 Å². The summed E-state index contributed by atoms with van der Waals surface area (Å²) in [4.78, 5) is 37.0. The number of thiazole rings is 1. The minimum Gasteiger partial charge on any atom is -0.383 e. The van der Waals surface area contributed by atoms with Gasteiger partial charge in [-0.1, -0.05) is 6.07 Å². The lowest BCUT2D eigenvalue weighted by atomic mass is 10.1. The van der Waals surface area contributed by atoms with E-state index < -0.39 is 17.6 Å². The summed E-state index contributed by atoms with van der Waals surface area (Å²) in [5, 5.41) is 2.96. The van der Waals surface area contributed by atoms with Crippen LogP contribution in [0.3, 0.4) is 0 Å². The molecule has 0 fully saturated rings. The molecule has 1 amide bonds. The third kappa shape index (κ3) is 5.26. The first-order valence-electron chi connectivity index (χ1n) is 9.36.